The van der Waals surface area contributed by atoms with Crippen molar-refractivity contribution in [2.24, 2.45) is 5.92 Å². The summed E-state index contributed by atoms with van der Waals surface area (Å²) in [5.74, 6) is 0.597. The van der Waals surface area contributed by atoms with Gasteiger partial charge in [0.05, 0.1) is 11.3 Å². The highest BCUT2D eigenvalue weighted by molar-refractivity contribution is 5.96. The fraction of sp³-hybridized carbons (Fsp3) is 0.765. The lowest BCUT2D eigenvalue weighted by molar-refractivity contribution is 0.0894. The average molecular weight is 306 g/mol. The van der Waals surface area contributed by atoms with Gasteiger partial charge >= 0.3 is 0 Å². The first kappa shape index (κ1) is 17.0. The van der Waals surface area contributed by atoms with E-state index in [0.717, 1.165) is 36.5 Å². The fourth-order valence-corrected chi connectivity index (χ4v) is 3.66. The van der Waals surface area contributed by atoms with E-state index in [-0.39, 0.29) is 11.9 Å². The van der Waals surface area contributed by atoms with Crippen molar-refractivity contribution in [1.82, 2.24) is 20.0 Å². The van der Waals surface area contributed by atoms with Gasteiger partial charge in [0, 0.05) is 24.8 Å². The topological polar surface area (TPSA) is 50.2 Å². The lowest BCUT2D eigenvalue weighted by Crippen LogP contribution is -2.45. The van der Waals surface area contributed by atoms with E-state index in [4.69, 9.17) is 0 Å². The van der Waals surface area contributed by atoms with E-state index in [1.807, 2.05) is 18.5 Å². The number of nitrogens with zero attached hydrogens (tertiary/aromatic N) is 3. The van der Waals surface area contributed by atoms with Crippen LogP contribution in [0.4, 0.5) is 0 Å². The van der Waals surface area contributed by atoms with Crippen LogP contribution in [0.5, 0.6) is 0 Å². The van der Waals surface area contributed by atoms with Crippen molar-refractivity contribution in [3.05, 3.63) is 17.0 Å². The molecule has 1 aromatic heterocycles. The molecule has 1 aliphatic rings. The Balaban J connectivity index is 2.11. The van der Waals surface area contributed by atoms with Crippen molar-refractivity contribution in [2.45, 2.75) is 59.0 Å². The first-order chi connectivity index (χ1) is 10.4. The molecule has 0 spiro atoms. The second-order valence-corrected chi connectivity index (χ2v) is 6.75. The van der Waals surface area contributed by atoms with Crippen LogP contribution >= 0.6 is 0 Å². The number of nitrogens with one attached hydrogen (secondary N) is 1. The van der Waals surface area contributed by atoms with Gasteiger partial charge in [-0.2, -0.15) is 5.10 Å². The summed E-state index contributed by atoms with van der Waals surface area (Å²) in [6.45, 7) is 7.79. The molecule has 1 N–H and O–H groups in total. The van der Waals surface area contributed by atoms with Gasteiger partial charge in [0.1, 0.15) is 0 Å². The SMILES string of the molecule is CCn1nc(C)c(C(=O)NC2CCCCC2CN(C)C)c1C. The summed E-state index contributed by atoms with van der Waals surface area (Å²) >= 11 is 0. The van der Waals surface area contributed by atoms with E-state index in [1.54, 1.807) is 0 Å². The van der Waals surface area contributed by atoms with Crippen LogP contribution in [0.25, 0.3) is 0 Å². The highest BCUT2D eigenvalue weighted by atomic mass is 16.1. The Morgan fingerprint density at radius 1 is 1.32 bits per heavy atom. The summed E-state index contributed by atoms with van der Waals surface area (Å²) in [7, 11) is 4.21. The Hall–Kier alpha value is -1.36. The molecule has 0 radical (unpaired) electrons. The molecule has 2 rings (SSSR count). The molecule has 0 aromatic carbocycles. The number of carbonyl (C=O) groups excluding carboxylic acids is 1. The van der Waals surface area contributed by atoms with Gasteiger partial charge in [-0.1, -0.05) is 12.8 Å². The fourth-order valence-electron chi connectivity index (χ4n) is 3.66. The number of hydrogen-bond donors (Lipinski definition) is 1. The third kappa shape index (κ3) is 3.69. The molecule has 1 aromatic rings. The van der Waals surface area contributed by atoms with Gasteiger partial charge in [-0.25, -0.2) is 0 Å². The highest BCUT2D eigenvalue weighted by Gasteiger charge is 2.28. The zero-order valence-corrected chi connectivity index (χ0v) is 14.6. The lowest BCUT2D eigenvalue weighted by Gasteiger charge is -2.34. The summed E-state index contributed by atoms with van der Waals surface area (Å²) in [5.41, 5.74) is 2.56. The molecule has 0 aliphatic heterocycles. The quantitative estimate of drug-likeness (QED) is 0.908. The molecular formula is C17H30N4O. The molecular weight excluding hydrogens is 276 g/mol. The van der Waals surface area contributed by atoms with E-state index >= 15 is 0 Å². The minimum absolute atomic E-state index is 0.0466. The van der Waals surface area contributed by atoms with Gasteiger partial charge < -0.3 is 10.2 Å². The maximum Gasteiger partial charge on any atom is 0.255 e. The number of amides is 1. The van der Waals surface area contributed by atoms with Crippen molar-refractivity contribution >= 4 is 5.91 Å². The first-order valence-corrected chi connectivity index (χ1v) is 8.43. The van der Waals surface area contributed by atoms with Crippen molar-refractivity contribution in [2.75, 3.05) is 20.6 Å². The smallest absolute Gasteiger partial charge is 0.255 e. The predicted octanol–water partition coefficient (Wildman–Crippen LogP) is 2.37. The Kier molecular flexibility index (Phi) is 5.62. The molecule has 2 unspecified atom stereocenters. The Bertz CT molecular complexity index is 521. The zero-order valence-electron chi connectivity index (χ0n) is 14.6. The molecule has 2 atom stereocenters. The summed E-state index contributed by atoms with van der Waals surface area (Å²) in [6, 6.07) is 0.285. The zero-order chi connectivity index (χ0) is 16.3. The minimum atomic E-state index is 0.0466. The summed E-state index contributed by atoms with van der Waals surface area (Å²) in [5, 5.41) is 7.75. The van der Waals surface area contributed by atoms with E-state index in [9.17, 15) is 4.79 Å². The van der Waals surface area contributed by atoms with Gasteiger partial charge in [0.2, 0.25) is 0 Å². The van der Waals surface area contributed by atoms with Gasteiger partial charge in [-0.05, 0) is 53.6 Å². The molecule has 5 nitrogen and oxygen atoms in total. The van der Waals surface area contributed by atoms with Crippen LogP contribution in [-0.4, -0.2) is 47.3 Å². The lowest BCUT2D eigenvalue weighted by atomic mass is 9.84. The van der Waals surface area contributed by atoms with Crippen molar-refractivity contribution in [3.8, 4) is 0 Å². The highest BCUT2D eigenvalue weighted by Crippen LogP contribution is 2.25. The number of aryl methyl sites for hydroxylation is 2. The van der Waals surface area contributed by atoms with E-state index in [0.29, 0.717) is 5.92 Å². The third-order valence-corrected chi connectivity index (χ3v) is 4.73. The van der Waals surface area contributed by atoms with Gasteiger partial charge in [0.15, 0.2) is 0 Å². The summed E-state index contributed by atoms with van der Waals surface area (Å²) in [4.78, 5) is 15.0. The second-order valence-electron chi connectivity index (χ2n) is 6.75. The van der Waals surface area contributed by atoms with Gasteiger partial charge in [0.25, 0.3) is 5.91 Å². The van der Waals surface area contributed by atoms with E-state index < -0.39 is 0 Å². The second kappa shape index (κ2) is 7.27. The number of hydrogen-bond acceptors (Lipinski definition) is 3. The van der Waals surface area contributed by atoms with E-state index in [1.165, 1.54) is 19.3 Å². The van der Waals surface area contributed by atoms with Crippen molar-refractivity contribution in [1.29, 1.82) is 0 Å². The number of rotatable bonds is 5. The molecule has 1 amide bonds. The maximum absolute atomic E-state index is 12.7. The Morgan fingerprint density at radius 2 is 2.00 bits per heavy atom. The molecule has 1 aliphatic carbocycles. The van der Waals surface area contributed by atoms with Crippen LogP contribution < -0.4 is 5.32 Å². The van der Waals surface area contributed by atoms with Gasteiger partial charge in [-0.3, -0.25) is 9.48 Å². The first-order valence-electron chi connectivity index (χ1n) is 8.43. The van der Waals surface area contributed by atoms with Crippen LogP contribution in [0, 0.1) is 19.8 Å². The van der Waals surface area contributed by atoms with Crippen LogP contribution in [0.2, 0.25) is 0 Å². The average Bonchev–Trinajstić information content (AvgIpc) is 2.75. The summed E-state index contributed by atoms with van der Waals surface area (Å²) < 4.78 is 1.91. The molecule has 124 valence electrons. The monoisotopic (exact) mass is 306 g/mol. The third-order valence-electron chi connectivity index (χ3n) is 4.73. The van der Waals surface area contributed by atoms with Crippen molar-refractivity contribution < 1.29 is 4.79 Å². The molecule has 5 heteroatoms. The molecule has 0 saturated heterocycles. The largest absolute Gasteiger partial charge is 0.349 e. The van der Waals surface area contributed by atoms with Crippen molar-refractivity contribution in [3.63, 3.8) is 0 Å². The molecule has 22 heavy (non-hydrogen) atoms. The van der Waals surface area contributed by atoms with Gasteiger partial charge in [-0.15, -0.1) is 0 Å². The standard InChI is InChI=1S/C17H30N4O/c1-6-21-13(3)16(12(2)19-21)17(22)18-15-10-8-7-9-14(15)11-20(4)5/h14-15H,6-11H2,1-5H3,(H,18,22). The normalized spacial score (nSPS) is 22.1. The van der Waals surface area contributed by atoms with Crippen LogP contribution in [0.3, 0.4) is 0 Å². The summed E-state index contributed by atoms with van der Waals surface area (Å²) in [6.07, 6.45) is 4.78. The molecule has 1 heterocycles. The van der Waals surface area contributed by atoms with Crippen LogP contribution in [-0.2, 0) is 6.54 Å². The molecule has 1 saturated carbocycles. The molecule has 0 bridgehead atoms. The minimum Gasteiger partial charge on any atom is -0.349 e. The Labute approximate surface area is 134 Å². The number of carbonyl (C=O) groups is 1. The van der Waals surface area contributed by atoms with E-state index in [2.05, 4.69) is 36.3 Å². The number of aromatic nitrogens is 2. The van der Waals surface area contributed by atoms with Crippen LogP contribution in [0.1, 0.15) is 54.4 Å². The maximum atomic E-state index is 12.7. The predicted molar refractivity (Wildman–Crippen MR) is 89.1 cm³/mol. The van der Waals surface area contributed by atoms with Crippen LogP contribution in [0.15, 0.2) is 0 Å². The Morgan fingerprint density at radius 3 is 2.59 bits per heavy atom. The molecule has 1 fully saturated rings.